The van der Waals surface area contributed by atoms with Gasteiger partial charge in [0, 0.05) is 42.4 Å². The quantitative estimate of drug-likeness (QED) is 0.847. The van der Waals surface area contributed by atoms with E-state index in [4.69, 9.17) is 0 Å². The molecule has 140 valence electrons. The average molecular weight is 388 g/mol. The molecule has 0 aromatic carbocycles. The highest BCUT2D eigenvalue weighted by molar-refractivity contribution is 8.14. The maximum absolute atomic E-state index is 10.1. The fourth-order valence-corrected chi connectivity index (χ4v) is 4.50. The molecule has 2 atom stereocenters. The lowest BCUT2D eigenvalue weighted by Gasteiger charge is -2.36. The van der Waals surface area contributed by atoms with Crippen LogP contribution < -0.4 is 5.32 Å². The third-order valence-electron chi connectivity index (χ3n) is 5.15. The molecule has 6 heteroatoms. The summed E-state index contributed by atoms with van der Waals surface area (Å²) < 4.78 is 0. The molecule has 28 heavy (non-hydrogen) atoms. The lowest BCUT2D eigenvalue weighted by atomic mass is 9.74. The van der Waals surface area contributed by atoms with E-state index in [2.05, 4.69) is 44.6 Å². The molecule has 3 heterocycles. The molecule has 2 unspecified atom stereocenters. The van der Waals surface area contributed by atoms with Crippen LogP contribution in [0, 0.1) is 17.2 Å². The van der Waals surface area contributed by atoms with E-state index in [1.807, 2.05) is 42.8 Å². The molecule has 1 aliphatic carbocycles. The molecular formula is C22H21N5S. The first-order valence-electron chi connectivity index (χ1n) is 9.33. The highest BCUT2D eigenvalue weighted by Crippen LogP contribution is 2.37. The molecule has 1 N–H and O–H groups in total. The van der Waals surface area contributed by atoms with Crippen molar-refractivity contribution >= 4 is 16.9 Å². The summed E-state index contributed by atoms with van der Waals surface area (Å²) in [7, 11) is 0. The van der Waals surface area contributed by atoms with Crippen molar-refractivity contribution in [3.63, 3.8) is 0 Å². The lowest BCUT2D eigenvalue weighted by molar-refractivity contribution is 0.398. The van der Waals surface area contributed by atoms with Gasteiger partial charge in [-0.05, 0) is 35.8 Å². The van der Waals surface area contributed by atoms with Crippen molar-refractivity contribution < 1.29 is 0 Å². The fraction of sp³-hybridized carbons (Fsp3) is 0.273. The van der Waals surface area contributed by atoms with Gasteiger partial charge in [-0.15, -0.1) is 0 Å². The van der Waals surface area contributed by atoms with Crippen molar-refractivity contribution in [2.45, 2.75) is 17.9 Å². The van der Waals surface area contributed by atoms with E-state index < -0.39 is 5.54 Å². The van der Waals surface area contributed by atoms with Gasteiger partial charge in [0.1, 0.15) is 0 Å². The van der Waals surface area contributed by atoms with Gasteiger partial charge in [-0.1, -0.05) is 42.1 Å². The number of nitriles is 1. The third-order valence-corrected chi connectivity index (χ3v) is 6.04. The van der Waals surface area contributed by atoms with Gasteiger partial charge < -0.3 is 5.32 Å². The first kappa shape index (κ1) is 18.5. The van der Waals surface area contributed by atoms with Gasteiger partial charge in [-0.25, -0.2) is 0 Å². The summed E-state index contributed by atoms with van der Waals surface area (Å²) >= 11 is 1.67. The first-order valence-corrected chi connectivity index (χ1v) is 10.3. The third kappa shape index (κ3) is 3.85. The van der Waals surface area contributed by atoms with Crippen LogP contribution in [0.1, 0.15) is 23.5 Å². The summed E-state index contributed by atoms with van der Waals surface area (Å²) in [4.78, 5) is 13.1. The maximum atomic E-state index is 10.1. The van der Waals surface area contributed by atoms with Gasteiger partial charge >= 0.3 is 0 Å². The van der Waals surface area contributed by atoms with Crippen LogP contribution in [0.5, 0.6) is 0 Å². The van der Waals surface area contributed by atoms with Crippen LogP contribution in [0.25, 0.3) is 0 Å². The molecule has 0 fully saturated rings. The molecule has 2 aromatic heterocycles. The van der Waals surface area contributed by atoms with Gasteiger partial charge in [0.2, 0.25) is 0 Å². The summed E-state index contributed by atoms with van der Waals surface area (Å²) in [6.07, 6.45) is 16.2. The zero-order valence-corrected chi connectivity index (χ0v) is 16.2. The van der Waals surface area contributed by atoms with Crippen molar-refractivity contribution in [1.82, 2.24) is 15.3 Å². The van der Waals surface area contributed by atoms with E-state index in [0.29, 0.717) is 0 Å². The van der Waals surface area contributed by atoms with E-state index >= 15 is 0 Å². The second kappa shape index (κ2) is 8.41. The summed E-state index contributed by atoms with van der Waals surface area (Å²) in [6.45, 7) is 0.798. The normalized spacial score (nSPS) is 23.4. The van der Waals surface area contributed by atoms with Crippen molar-refractivity contribution in [2.24, 2.45) is 10.9 Å². The number of rotatable bonds is 5. The number of hydrogen-bond acceptors (Lipinski definition) is 6. The Kier molecular flexibility index (Phi) is 5.54. The van der Waals surface area contributed by atoms with Gasteiger partial charge in [-0.3, -0.25) is 15.0 Å². The van der Waals surface area contributed by atoms with Crippen LogP contribution in [-0.4, -0.2) is 33.0 Å². The van der Waals surface area contributed by atoms with Crippen LogP contribution in [0.4, 0.5) is 0 Å². The Morgan fingerprint density at radius 1 is 1.18 bits per heavy atom. The van der Waals surface area contributed by atoms with E-state index in [1.165, 1.54) is 0 Å². The predicted octanol–water partition coefficient (Wildman–Crippen LogP) is 3.70. The molecule has 5 nitrogen and oxygen atoms in total. The molecule has 2 aliphatic rings. The highest BCUT2D eigenvalue weighted by atomic mass is 32.2. The Bertz CT molecular complexity index is 893. The van der Waals surface area contributed by atoms with E-state index in [-0.39, 0.29) is 11.8 Å². The molecule has 0 spiro atoms. The predicted molar refractivity (Wildman–Crippen MR) is 113 cm³/mol. The summed E-state index contributed by atoms with van der Waals surface area (Å²) in [6, 6.07) is 10.6. The second-order valence-electron chi connectivity index (χ2n) is 6.85. The average Bonchev–Trinajstić information content (AvgIpc) is 3.27. The van der Waals surface area contributed by atoms with Crippen molar-refractivity contribution in [2.75, 3.05) is 12.3 Å². The number of aromatic nitrogens is 2. The van der Waals surface area contributed by atoms with Gasteiger partial charge in [0.15, 0.2) is 10.7 Å². The molecule has 0 bridgehead atoms. The molecule has 0 saturated heterocycles. The smallest absolute Gasteiger partial charge is 0.158 e. The summed E-state index contributed by atoms with van der Waals surface area (Å²) in [5.74, 6) is 1.04. The first-order chi connectivity index (χ1) is 13.8. The van der Waals surface area contributed by atoms with Gasteiger partial charge in [-0.2, -0.15) is 5.26 Å². The van der Waals surface area contributed by atoms with E-state index in [1.54, 1.807) is 24.2 Å². The number of nitrogens with zero attached hydrogens (tertiary/aromatic N) is 4. The topological polar surface area (TPSA) is 74.0 Å². The monoisotopic (exact) mass is 387 g/mol. The molecular weight excluding hydrogens is 366 g/mol. The second-order valence-corrected chi connectivity index (χ2v) is 7.94. The Labute approximate surface area is 169 Å². The number of pyridine rings is 2. The largest absolute Gasteiger partial charge is 0.343 e. The fourth-order valence-electron chi connectivity index (χ4n) is 3.70. The summed E-state index contributed by atoms with van der Waals surface area (Å²) in [5, 5.41) is 14.4. The number of nitrogens with one attached hydrogen (secondary N) is 1. The number of aliphatic imine (C=N–C) groups is 1. The zero-order valence-electron chi connectivity index (χ0n) is 15.4. The molecule has 0 radical (unpaired) electrons. The number of thioether (sulfide) groups is 1. The van der Waals surface area contributed by atoms with Crippen molar-refractivity contribution in [3.05, 3.63) is 84.5 Å². The minimum atomic E-state index is -0.812. The molecule has 4 rings (SSSR count). The van der Waals surface area contributed by atoms with Crippen LogP contribution >= 0.6 is 11.8 Å². The van der Waals surface area contributed by atoms with Crippen LogP contribution in [-0.2, 0) is 0 Å². The Morgan fingerprint density at radius 3 is 2.50 bits per heavy atom. The maximum Gasteiger partial charge on any atom is 0.158 e. The van der Waals surface area contributed by atoms with Crippen LogP contribution in [0.15, 0.2) is 78.3 Å². The Hall–Kier alpha value is -2.91. The SMILES string of the molecule is N#CC1(NC2=NCCS2)C=CC=CC1CC(c1cccnc1)c1cccnc1. The number of hydrogen-bond donors (Lipinski definition) is 1. The number of allylic oxidation sites excluding steroid dienone is 2. The number of amidine groups is 1. The van der Waals surface area contributed by atoms with Gasteiger partial charge in [0.05, 0.1) is 12.6 Å². The summed E-state index contributed by atoms with van der Waals surface area (Å²) in [5.41, 5.74) is 1.43. The molecule has 0 amide bonds. The molecule has 0 saturated carbocycles. The standard InChI is InChI=1S/C22H21N5S/c23-16-22(27-21-26-11-12-28-21)8-2-1-7-19(22)13-20(17-5-3-9-24-14-17)18-6-4-10-25-15-18/h1-10,14-15,19-20H,11-13H2,(H,26,27). The van der Waals surface area contributed by atoms with E-state index in [0.717, 1.165) is 35.0 Å². The zero-order chi connectivity index (χ0) is 19.2. The van der Waals surface area contributed by atoms with E-state index in [9.17, 15) is 5.26 Å². The Morgan fingerprint density at radius 2 is 1.93 bits per heavy atom. The Balaban J connectivity index is 1.67. The molecule has 1 aliphatic heterocycles. The van der Waals surface area contributed by atoms with Crippen molar-refractivity contribution in [3.8, 4) is 6.07 Å². The van der Waals surface area contributed by atoms with Crippen molar-refractivity contribution in [1.29, 1.82) is 5.26 Å². The lowest BCUT2D eigenvalue weighted by Crippen LogP contribution is -2.51. The van der Waals surface area contributed by atoms with Crippen LogP contribution in [0.2, 0.25) is 0 Å². The minimum Gasteiger partial charge on any atom is -0.343 e. The van der Waals surface area contributed by atoms with Crippen LogP contribution in [0.3, 0.4) is 0 Å². The molecule has 2 aromatic rings. The minimum absolute atomic E-state index is 0.0168. The van der Waals surface area contributed by atoms with Gasteiger partial charge in [0.25, 0.3) is 0 Å². The highest BCUT2D eigenvalue weighted by Gasteiger charge is 2.39.